The number of carbonyl (C=O) groups is 1. The Kier molecular flexibility index (Phi) is 2.04. The average Bonchev–Trinajstić information content (AvgIpc) is 2.63. The van der Waals surface area contributed by atoms with E-state index in [1.807, 2.05) is 13.8 Å². The minimum atomic E-state index is -0.179. The molecule has 5 atom stereocenters. The van der Waals surface area contributed by atoms with Crippen molar-refractivity contribution in [1.82, 2.24) is 0 Å². The van der Waals surface area contributed by atoms with Crippen LogP contribution in [0.15, 0.2) is 23.5 Å². The van der Waals surface area contributed by atoms with E-state index in [2.05, 4.69) is 12.2 Å². The molecule has 0 spiro atoms. The number of esters is 1. The van der Waals surface area contributed by atoms with Gasteiger partial charge in [0.25, 0.3) is 0 Å². The molecule has 0 aliphatic heterocycles. The van der Waals surface area contributed by atoms with Crippen LogP contribution in [0.25, 0.3) is 0 Å². The van der Waals surface area contributed by atoms with Crippen molar-refractivity contribution < 1.29 is 9.53 Å². The molecule has 0 aromatic heterocycles. The Bertz CT molecular complexity index is 383. The molecule has 2 nitrogen and oxygen atoms in total. The monoisotopic (exact) mass is 218 g/mol. The summed E-state index contributed by atoms with van der Waals surface area (Å²) in [6.45, 7) is 5.58. The zero-order valence-electron chi connectivity index (χ0n) is 10.1. The Morgan fingerprint density at radius 2 is 1.69 bits per heavy atom. The first-order chi connectivity index (χ1) is 7.59. The second kappa shape index (κ2) is 3.22. The van der Waals surface area contributed by atoms with Crippen LogP contribution in [0.1, 0.15) is 27.2 Å². The van der Waals surface area contributed by atoms with Crippen molar-refractivity contribution in [2.24, 2.45) is 29.6 Å². The Morgan fingerprint density at radius 1 is 1.12 bits per heavy atom. The molecule has 2 saturated carbocycles. The lowest BCUT2D eigenvalue weighted by molar-refractivity contribution is -0.137. The van der Waals surface area contributed by atoms with Crippen molar-refractivity contribution in [3.63, 3.8) is 0 Å². The highest BCUT2D eigenvalue weighted by Crippen LogP contribution is 2.69. The van der Waals surface area contributed by atoms with Crippen molar-refractivity contribution in [1.29, 1.82) is 0 Å². The van der Waals surface area contributed by atoms with Crippen molar-refractivity contribution in [2.75, 3.05) is 0 Å². The molecule has 86 valence electrons. The minimum Gasteiger partial charge on any atom is -0.431 e. The smallest absolute Gasteiger partial charge is 0.307 e. The molecule has 0 heterocycles. The van der Waals surface area contributed by atoms with Gasteiger partial charge in [-0.1, -0.05) is 12.2 Å². The molecule has 16 heavy (non-hydrogen) atoms. The number of ether oxygens (including phenoxy) is 1. The third-order valence-electron chi connectivity index (χ3n) is 4.32. The molecule has 2 heteroatoms. The Morgan fingerprint density at radius 3 is 2.12 bits per heavy atom. The summed E-state index contributed by atoms with van der Waals surface area (Å²) in [5, 5.41) is 0. The van der Waals surface area contributed by atoms with Crippen LogP contribution in [-0.2, 0) is 9.53 Å². The number of rotatable bonds is 2. The summed E-state index contributed by atoms with van der Waals surface area (Å²) in [7, 11) is 0. The van der Waals surface area contributed by atoms with E-state index >= 15 is 0 Å². The third kappa shape index (κ3) is 1.28. The van der Waals surface area contributed by atoms with E-state index in [1.165, 1.54) is 13.3 Å². The van der Waals surface area contributed by atoms with E-state index < -0.39 is 0 Å². The van der Waals surface area contributed by atoms with Gasteiger partial charge < -0.3 is 4.74 Å². The van der Waals surface area contributed by atoms with E-state index in [0.717, 1.165) is 35.0 Å². The highest BCUT2D eigenvalue weighted by molar-refractivity contribution is 5.67. The summed E-state index contributed by atoms with van der Waals surface area (Å²) >= 11 is 0. The van der Waals surface area contributed by atoms with Gasteiger partial charge in [0.1, 0.15) is 5.76 Å². The van der Waals surface area contributed by atoms with Crippen molar-refractivity contribution >= 4 is 5.97 Å². The molecule has 2 fully saturated rings. The lowest BCUT2D eigenvalue weighted by Gasteiger charge is -2.13. The molecule has 3 aliphatic carbocycles. The second-order valence-electron chi connectivity index (χ2n) is 5.59. The van der Waals surface area contributed by atoms with Crippen molar-refractivity contribution in [2.45, 2.75) is 27.2 Å². The van der Waals surface area contributed by atoms with Gasteiger partial charge >= 0.3 is 5.97 Å². The molecule has 3 rings (SSSR count). The predicted molar refractivity (Wildman–Crippen MR) is 61.3 cm³/mol. The Balaban J connectivity index is 1.80. The number of allylic oxidation sites excluding steroid dienone is 4. The summed E-state index contributed by atoms with van der Waals surface area (Å²) < 4.78 is 5.41. The molecular weight excluding hydrogens is 200 g/mol. The molecule has 0 amide bonds. The molecule has 0 N–H and O–H groups in total. The fourth-order valence-electron chi connectivity index (χ4n) is 3.80. The van der Waals surface area contributed by atoms with E-state index in [1.54, 1.807) is 0 Å². The maximum Gasteiger partial charge on any atom is 0.307 e. The molecular formula is C14H18O2. The molecule has 3 aliphatic rings. The fourth-order valence-corrected chi connectivity index (χ4v) is 3.80. The zero-order valence-corrected chi connectivity index (χ0v) is 10.1. The lowest BCUT2D eigenvalue weighted by atomic mass is 9.98. The van der Waals surface area contributed by atoms with Crippen LogP contribution in [0.3, 0.4) is 0 Å². The van der Waals surface area contributed by atoms with E-state index in [9.17, 15) is 4.79 Å². The van der Waals surface area contributed by atoms with Crippen LogP contribution < -0.4 is 0 Å². The van der Waals surface area contributed by atoms with Gasteiger partial charge in [0.05, 0.1) is 0 Å². The predicted octanol–water partition coefficient (Wildman–Crippen LogP) is 2.91. The highest BCUT2D eigenvalue weighted by Gasteiger charge is 2.65. The number of hydrogen-bond donors (Lipinski definition) is 0. The molecule has 0 aromatic rings. The Labute approximate surface area is 96.4 Å². The molecule has 0 radical (unpaired) electrons. The molecule has 1 unspecified atom stereocenters. The van der Waals surface area contributed by atoms with Crippen LogP contribution in [0.5, 0.6) is 0 Å². The van der Waals surface area contributed by atoms with Gasteiger partial charge in [0.2, 0.25) is 0 Å². The Hall–Kier alpha value is -1.05. The largest absolute Gasteiger partial charge is 0.431 e. The zero-order chi connectivity index (χ0) is 11.4. The third-order valence-corrected chi connectivity index (χ3v) is 4.32. The van der Waals surface area contributed by atoms with Gasteiger partial charge in [-0.25, -0.2) is 0 Å². The summed E-state index contributed by atoms with van der Waals surface area (Å²) in [6, 6.07) is 0. The van der Waals surface area contributed by atoms with E-state index in [0.29, 0.717) is 5.92 Å². The first-order valence-electron chi connectivity index (χ1n) is 6.13. The normalized spacial score (nSPS) is 41.8. The second-order valence-corrected chi connectivity index (χ2v) is 5.59. The van der Waals surface area contributed by atoms with Crippen molar-refractivity contribution in [3.05, 3.63) is 23.5 Å². The van der Waals surface area contributed by atoms with Gasteiger partial charge in [-0.2, -0.15) is 0 Å². The van der Waals surface area contributed by atoms with Crippen LogP contribution in [0.4, 0.5) is 0 Å². The number of carbonyl (C=O) groups excluding carboxylic acids is 1. The maximum atomic E-state index is 11.1. The van der Waals surface area contributed by atoms with Gasteiger partial charge in [-0.3, -0.25) is 4.79 Å². The van der Waals surface area contributed by atoms with E-state index in [-0.39, 0.29) is 5.97 Å². The van der Waals surface area contributed by atoms with Crippen LogP contribution in [0.2, 0.25) is 0 Å². The summed E-state index contributed by atoms with van der Waals surface area (Å²) in [4.78, 5) is 11.1. The summed E-state index contributed by atoms with van der Waals surface area (Å²) in [5.41, 5.74) is 1.16. The molecule has 0 saturated heterocycles. The molecule has 2 bridgehead atoms. The minimum absolute atomic E-state index is 0.179. The highest BCUT2D eigenvalue weighted by atomic mass is 16.5. The summed E-state index contributed by atoms with van der Waals surface area (Å²) in [5.74, 6) is 4.34. The standard InChI is InChI=1S/C14H18O2/c1-7(2)14(16-8(3)15)13-11-9-4-5-10(6-9)12(11)13/h4-5,9-13H,6H2,1-3H3/t9-,10+,11+,12-,13?. The van der Waals surface area contributed by atoms with E-state index in [4.69, 9.17) is 4.74 Å². The van der Waals surface area contributed by atoms with Crippen LogP contribution >= 0.6 is 0 Å². The maximum absolute atomic E-state index is 11.1. The molecule has 0 aromatic carbocycles. The average molecular weight is 218 g/mol. The van der Waals surface area contributed by atoms with Gasteiger partial charge in [-0.15, -0.1) is 0 Å². The van der Waals surface area contributed by atoms with Gasteiger partial charge in [0.15, 0.2) is 0 Å². The van der Waals surface area contributed by atoms with Gasteiger partial charge in [-0.05, 0) is 49.5 Å². The topological polar surface area (TPSA) is 26.3 Å². The number of fused-ring (bicyclic) bond motifs is 5. The number of hydrogen-bond acceptors (Lipinski definition) is 2. The van der Waals surface area contributed by atoms with Gasteiger partial charge in [0, 0.05) is 12.8 Å². The lowest BCUT2D eigenvalue weighted by Crippen LogP contribution is -2.08. The summed E-state index contributed by atoms with van der Waals surface area (Å²) in [6.07, 6.45) is 6.06. The van der Waals surface area contributed by atoms with Crippen LogP contribution in [0, 0.1) is 29.6 Å². The first-order valence-corrected chi connectivity index (χ1v) is 6.13. The SMILES string of the molecule is CC(=O)OC(=C(C)C)C1[C@@H]2[C@H]1[C@H]1C=C[C@@H]2C1. The fraction of sp³-hybridized carbons (Fsp3) is 0.643. The van der Waals surface area contributed by atoms with Crippen molar-refractivity contribution in [3.8, 4) is 0 Å². The quantitative estimate of drug-likeness (QED) is 0.404. The first kappa shape index (κ1) is 10.1. The van der Waals surface area contributed by atoms with Crippen LogP contribution in [-0.4, -0.2) is 5.97 Å².